The van der Waals surface area contributed by atoms with Gasteiger partial charge in [0.05, 0.1) is 5.56 Å². The Kier molecular flexibility index (Phi) is 3.60. The van der Waals surface area contributed by atoms with E-state index in [0.29, 0.717) is 5.69 Å². The molecule has 0 aliphatic heterocycles. The molecule has 0 radical (unpaired) electrons. The van der Waals surface area contributed by atoms with Gasteiger partial charge in [-0.05, 0) is 29.8 Å². The minimum absolute atomic E-state index is 0.393. The summed E-state index contributed by atoms with van der Waals surface area (Å²) in [6.45, 7) is 3.67. The molecule has 0 aliphatic rings. The summed E-state index contributed by atoms with van der Waals surface area (Å²) in [5, 5.41) is 2.96. The predicted octanol–water partition coefficient (Wildman–Crippen LogP) is 5.09. The fourth-order valence-corrected chi connectivity index (χ4v) is 1.72. The number of alkyl halides is 3. The van der Waals surface area contributed by atoms with E-state index in [1.807, 2.05) is 18.2 Å². The van der Waals surface area contributed by atoms with Crippen molar-refractivity contribution in [1.82, 2.24) is 0 Å². The Bertz CT molecular complexity index is 588. The Morgan fingerprint density at radius 2 is 1.74 bits per heavy atom. The first-order valence-electron chi connectivity index (χ1n) is 5.66. The minimum Gasteiger partial charge on any atom is -0.355 e. The number of hydrogen-bond donors (Lipinski definition) is 1. The predicted molar refractivity (Wildman–Crippen MR) is 71.3 cm³/mol. The van der Waals surface area contributed by atoms with Crippen LogP contribution in [0.3, 0.4) is 0 Å². The molecule has 0 bridgehead atoms. The highest BCUT2D eigenvalue weighted by molar-refractivity contribution is 5.71. The van der Waals surface area contributed by atoms with E-state index in [4.69, 9.17) is 0 Å². The number of benzene rings is 2. The molecule has 0 aromatic heterocycles. The number of halogens is 3. The standard InChI is InChI=1S/C15H12F3N/c1-2-11-6-3-4-9-14(11)19-13-8-5-7-12(10-13)15(16,17)18/h2-10,19H,1H2. The number of para-hydroxylation sites is 1. The number of rotatable bonds is 3. The zero-order chi connectivity index (χ0) is 13.9. The van der Waals surface area contributed by atoms with Gasteiger partial charge in [-0.25, -0.2) is 0 Å². The van der Waals surface area contributed by atoms with Crippen LogP contribution in [0, 0.1) is 0 Å². The minimum atomic E-state index is -4.34. The van der Waals surface area contributed by atoms with Gasteiger partial charge in [-0.15, -0.1) is 0 Å². The van der Waals surface area contributed by atoms with Crippen LogP contribution in [-0.2, 0) is 6.18 Å². The van der Waals surface area contributed by atoms with E-state index in [1.54, 1.807) is 18.2 Å². The lowest BCUT2D eigenvalue weighted by molar-refractivity contribution is -0.137. The second-order valence-electron chi connectivity index (χ2n) is 3.99. The molecule has 0 aliphatic carbocycles. The van der Waals surface area contributed by atoms with Crippen molar-refractivity contribution >= 4 is 17.5 Å². The molecule has 0 saturated heterocycles. The van der Waals surface area contributed by atoms with Crippen LogP contribution < -0.4 is 5.32 Å². The van der Waals surface area contributed by atoms with E-state index in [2.05, 4.69) is 11.9 Å². The largest absolute Gasteiger partial charge is 0.416 e. The van der Waals surface area contributed by atoms with E-state index in [9.17, 15) is 13.2 Å². The Hall–Kier alpha value is -2.23. The molecule has 0 atom stereocenters. The molecule has 0 amide bonds. The molecule has 1 N–H and O–H groups in total. The fraction of sp³-hybridized carbons (Fsp3) is 0.0667. The first-order chi connectivity index (χ1) is 9.00. The molecule has 0 spiro atoms. The third-order valence-electron chi connectivity index (χ3n) is 2.65. The lowest BCUT2D eigenvalue weighted by Crippen LogP contribution is -2.05. The molecule has 98 valence electrons. The van der Waals surface area contributed by atoms with Crippen molar-refractivity contribution in [2.24, 2.45) is 0 Å². The van der Waals surface area contributed by atoms with E-state index in [0.717, 1.165) is 23.4 Å². The van der Waals surface area contributed by atoms with Gasteiger partial charge in [0.15, 0.2) is 0 Å². The molecule has 0 saturated carbocycles. The number of hydrogen-bond acceptors (Lipinski definition) is 1. The van der Waals surface area contributed by atoms with Crippen molar-refractivity contribution in [2.75, 3.05) is 5.32 Å². The van der Waals surface area contributed by atoms with Crippen LogP contribution in [0.5, 0.6) is 0 Å². The third-order valence-corrected chi connectivity index (χ3v) is 2.65. The monoisotopic (exact) mass is 263 g/mol. The quantitative estimate of drug-likeness (QED) is 0.813. The molecule has 0 fully saturated rings. The maximum Gasteiger partial charge on any atom is 0.416 e. The lowest BCUT2D eigenvalue weighted by Gasteiger charge is -2.12. The summed E-state index contributed by atoms with van der Waals surface area (Å²) in [4.78, 5) is 0. The highest BCUT2D eigenvalue weighted by atomic mass is 19.4. The Labute approximate surface area is 109 Å². The molecular weight excluding hydrogens is 251 g/mol. The Morgan fingerprint density at radius 3 is 2.42 bits per heavy atom. The van der Waals surface area contributed by atoms with Crippen LogP contribution in [0.15, 0.2) is 55.1 Å². The van der Waals surface area contributed by atoms with Crippen LogP contribution in [0.4, 0.5) is 24.5 Å². The van der Waals surface area contributed by atoms with Gasteiger partial charge in [0.2, 0.25) is 0 Å². The molecule has 2 rings (SSSR count). The van der Waals surface area contributed by atoms with Gasteiger partial charge in [0.1, 0.15) is 0 Å². The van der Waals surface area contributed by atoms with Gasteiger partial charge in [0.25, 0.3) is 0 Å². The van der Waals surface area contributed by atoms with Crippen molar-refractivity contribution in [3.63, 3.8) is 0 Å². The van der Waals surface area contributed by atoms with Crippen molar-refractivity contribution in [1.29, 1.82) is 0 Å². The van der Waals surface area contributed by atoms with Crippen LogP contribution >= 0.6 is 0 Å². The van der Waals surface area contributed by atoms with Crippen molar-refractivity contribution in [3.8, 4) is 0 Å². The second-order valence-corrected chi connectivity index (χ2v) is 3.99. The third kappa shape index (κ3) is 3.16. The fourth-order valence-electron chi connectivity index (χ4n) is 1.72. The molecule has 0 unspecified atom stereocenters. The zero-order valence-electron chi connectivity index (χ0n) is 10.0. The molecule has 4 heteroatoms. The van der Waals surface area contributed by atoms with Crippen molar-refractivity contribution in [2.45, 2.75) is 6.18 Å². The SMILES string of the molecule is C=Cc1ccccc1Nc1cccc(C(F)(F)F)c1. The van der Waals surface area contributed by atoms with Crippen LogP contribution in [0.2, 0.25) is 0 Å². The number of anilines is 2. The molecule has 1 nitrogen and oxygen atoms in total. The van der Waals surface area contributed by atoms with Gasteiger partial charge in [-0.1, -0.05) is 36.9 Å². The first-order valence-corrected chi connectivity index (χ1v) is 5.66. The highest BCUT2D eigenvalue weighted by Gasteiger charge is 2.30. The maximum atomic E-state index is 12.6. The van der Waals surface area contributed by atoms with Crippen LogP contribution in [0.1, 0.15) is 11.1 Å². The average Bonchev–Trinajstić information content (AvgIpc) is 2.39. The summed E-state index contributed by atoms with van der Waals surface area (Å²) in [7, 11) is 0. The summed E-state index contributed by atoms with van der Waals surface area (Å²) in [6, 6.07) is 12.4. The van der Waals surface area contributed by atoms with Crippen LogP contribution in [-0.4, -0.2) is 0 Å². The Balaban J connectivity index is 2.31. The molecule has 0 heterocycles. The normalized spacial score (nSPS) is 11.1. The van der Waals surface area contributed by atoms with Crippen molar-refractivity contribution in [3.05, 3.63) is 66.2 Å². The molecule has 19 heavy (non-hydrogen) atoms. The highest BCUT2D eigenvalue weighted by Crippen LogP contribution is 2.31. The van der Waals surface area contributed by atoms with E-state index >= 15 is 0 Å². The van der Waals surface area contributed by atoms with Gasteiger partial charge >= 0.3 is 6.18 Å². The molecule has 2 aromatic carbocycles. The lowest BCUT2D eigenvalue weighted by atomic mass is 10.1. The summed E-state index contributed by atoms with van der Waals surface area (Å²) >= 11 is 0. The summed E-state index contributed by atoms with van der Waals surface area (Å²) in [5.74, 6) is 0. The maximum absolute atomic E-state index is 12.6. The van der Waals surface area contributed by atoms with Crippen LogP contribution in [0.25, 0.3) is 6.08 Å². The van der Waals surface area contributed by atoms with Gasteiger partial charge in [-0.2, -0.15) is 13.2 Å². The smallest absolute Gasteiger partial charge is 0.355 e. The van der Waals surface area contributed by atoms with E-state index < -0.39 is 11.7 Å². The van der Waals surface area contributed by atoms with Gasteiger partial charge < -0.3 is 5.32 Å². The summed E-state index contributed by atoms with van der Waals surface area (Å²) in [5.41, 5.74) is 1.27. The van der Waals surface area contributed by atoms with E-state index in [1.165, 1.54) is 6.07 Å². The van der Waals surface area contributed by atoms with Gasteiger partial charge in [-0.3, -0.25) is 0 Å². The zero-order valence-corrected chi connectivity index (χ0v) is 10.0. The second kappa shape index (κ2) is 5.18. The summed E-state index contributed by atoms with van der Waals surface area (Å²) in [6.07, 6.45) is -2.69. The van der Waals surface area contributed by atoms with Crippen molar-refractivity contribution < 1.29 is 13.2 Å². The number of nitrogens with one attached hydrogen (secondary N) is 1. The first kappa shape index (κ1) is 13.2. The van der Waals surface area contributed by atoms with E-state index in [-0.39, 0.29) is 0 Å². The molecular formula is C15H12F3N. The topological polar surface area (TPSA) is 12.0 Å². The average molecular weight is 263 g/mol. The summed E-state index contributed by atoms with van der Waals surface area (Å²) < 4.78 is 37.8. The Morgan fingerprint density at radius 1 is 1.00 bits per heavy atom. The molecule has 2 aromatic rings. The van der Waals surface area contributed by atoms with Gasteiger partial charge in [0, 0.05) is 11.4 Å².